The number of rotatable bonds is 1. The molecule has 1 heterocycles. The van der Waals surface area contributed by atoms with Crippen LogP contribution in [0.3, 0.4) is 0 Å². The summed E-state index contributed by atoms with van der Waals surface area (Å²) in [6.07, 6.45) is 2.39. The zero-order chi connectivity index (χ0) is 11.8. The van der Waals surface area contributed by atoms with Crippen molar-refractivity contribution in [2.24, 2.45) is 0 Å². The number of nitrogen functional groups attached to an aromatic ring is 1. The van der Waals surface area contributed by atoms with Crippen LogP contribution in [-0.2, 0) is 11.2 Å². The minimum absolute atomic E-state index is 0.525. The van der Waals surface area contributed by atoms with Crippen LogP contribution in [0.15, 0.2) is 18.2 Å². The highest BCUT2D eigenvalue weighted by Crippen LogP contribution is 2.38. The van der Waals surface area contributed by atoms with Crippen molar-refractivity contribution in [3.05, 3.63) is 29.3 Å². The monoisotopic (exact) mass is 232 g/mol. The number of benzene rings is 1. The Hall–Kier alpha value is -1.06. The number of aryl methyl sites for hydroxylation is 1. The zero-order valence-corrected chi connectivity index (χ0v) is 10.4. The van der Waals surface area contributed by atoms with Gasteiger partial charge in [-0.3, -0.25) is 4.90 Å². The van der Waals surface area contributed by atoms with E-state index in [1.165, 1.54) is 17.5 Å². The summed E-state index contributed by atoms with van der Waals surface area (Å²) in [6, 6.07) is 7.48. The lowest BCUT2D eigenvalue weighted by molar-refractivity contribution is -0.0223. The summed E-state index contributed by atoms with van der Waals surface area (Å²) in [6.45, 7) is 5.04. The van der Waals surface area contributed by atoms with Crippen LogP contribution < -0.4 is 5.73 Å². The number of morpholine rings is 1. The highest BCUT2D eigenvalue weighted by atomic mass is 16.5. The second-order valence-corrected chi connectivity index (χ2v) is 5.17. The lowest BCUT2D eigenvalue weighted by Crippen LogP contribution is -2.45. The molecule has 2 aliphatic rings. The van der Waals surface area contributed by atoms with Crippen LogP contribution in [0.4, 0.5) is 5.69 Å². The first-order chi connectivity index (χ1) is 8.25. The molecule has 3 rings (SSSR count). The highest BCUT2D eigenvalue weighted by molar-refractivity contribution is 5.47. The molecule has 17 heavy (non-hydrogen) atoms. The second-order valence-electron chi connectivity index (χ2n) is 5.17. The van der Waals surface area contributed by atoms with E-state index in [1.54, 1.807) is 0 Å². The van der Waals surface area contributed by atoms with Crippen LogP contribution in [0, 0.1) is 0 Å². The minimum Gasteiger partial charge on any atom is -0.399 e. The van der Waals surface area contributed by atoms with Gasteiger partial charge in [-0.1, -0.05) is 6.07 Å². The van der Waals surface area contributed by atoms with E-state index in [-0.39, 0.29) is 0 Å². The van der Waals surface area contributed by atoms with Crippen molar-refractivity contribution in [2.45, 2.75) is 31.8 Å². The SMILES string of the molecule is CC1COCCN1C1CCc2cc(N)ccc21. The summed E-state index contributed by atoms with van der Waals surface area (Å²) in [5, 5.41) is 0. The third kappa shape index (κ3) is 1.94. The Morgan fingerprint density at radius 3 is 3.12 bits per heavy atom. The number of ether oxygens (including phenoxy) is 1. The molecule has 1 aromatic carbocycles. The van der Waals surface area contributed by atoms with E-state index in [9.17, 15) is 0 Å². The first-order valence-electron chi connectivity index (χ1n) is 6.47. The zero-order valence-electron chi connectivity index (χ0n) is 10.4. The average Bonchev–Trinajstić information content (AvgIpc) is 2.72. The van der Waals surface area contributed by atoms with E-state index < -0.39 is 0 Å². The van der Waals surface area contributed by atoms with E-state index in [1.807, 2.05) is 6.07 Å². The van der Waals surface area contributed by atoms with Gasteiger partial charge in [-0.25, -0.2) is 0 Å². The summed E-state index contributed by atoms with van der Waals surface area (Å²) in [4.78, 5) is 2.59. The van der Waals surface area contributed by atoms with Gasteiger partial charge in [0.2, 0.25) is 0 Å². The van der Waals surface area contributed by atoms with Crippen molar-refractivity contribution in [1.29, 1.82) is 0 Å². The van der Waals surface area contributed by atoms with Crippen molar-refractivity contribution in [3.8, 4) is 0 Å². The fourth-order valence-electron chi connectivity index (χ4n) is 3.16. The highest BCUT2D eigenvalue weighted by Gasteiger charge is 2.32. The van der Waals surface area contributed by atoms with Crippen molar-refractivity contribution in [3.63, 3.8) is 0 Å². The Bertz CT molecular complexity index is 419. The van der Waals surface area contributed by atoms with Gasteiger partial charge in [0.15, 0.2) is 0 Å². The Morgan fingerprint density at radius 2 is 2.29 bits per heavy atom. The molecule has 0 bridgehead atoms. The first kappa shape index (κ1) is 11.1. The fraction of sp³-hybridized carbons (Fsp3) is 0.571. The van der Waals surface area contributed by atoms with Gasteiger partial charge in [0.05, 0.1) is 13.2 Å². The lowest BCUT2D eigenvalue weighted by atomic mass is 10.0. The first-order valence-corrected chi connectivity index (χ1v) is 6.47. The van der Waals surface area contributed by atoms with Crippen LogP contribution in [0.1, 0.15) is 30.5 Å². The van der Waals surface area contributed by atoms with Gasteiger partial charge in [0, 0.05) is 24.3 Å². The van der Waals surface area contributed by atoms with Gasteiger partial charge in [-0.2, -0.15) is 0 Å². The van der Waals surface area contributed by atoms with Crippen LogP contribution >= 0.6 is 0 Å². The van der Waals surface area contributed by atoms with Crippen molar-refractivity contribution < 1.29 is 4.74 Å². The smallest absolute Gasteiger partial charge is 0.0620 e. The molecule has 1 aromatic rings. The number of nitrogens with two attached hydrogens (primary N) is 1. The van der Waals surface area contributed by atoms with Crippen LogP contribution in [0.25, 0.3) is 0 Å². The van der Waals surface area contributed by atoms with E-state index in [0.29, 0.717) is 12.1 Å². The van der Waals surface area contributed by atoms with Gasteiger partial charge in [-0.15, -0.1) is 0 Å². The Balaban J connectivity index is 1.87. The number of anilines is 1. The molecule has 0 radical (unpaired) electrons. The van der Waals surface area contributed by atoms with E-state index in [2.05, 4.69) is 24.0 Å². The number of fused-ring (bicyclic) bond motifs is 1. The molecular formula is C14H20N2O. The maximum Gasteiger partial charge on any atom is 0.0620 e. The topological polar surface area (TPSA) is 38.5 Å². The predicted octanol–water partition coefficient (Wildman–Crippen LogP) is 1.98. The molecular weight excluding hydrogens is 212 g/mol. The normalized spacial score (nSPS) is 29.2. The second kappa shape index (κ2) is 4.31. The van der Waals surface area contributed by atoms with Crippen molar-refractivity contribution in [2.75, 3.05) is 25.5 Å². The quantitative estimate of drug-likeness (QED) is 0.752. The minimum atomic E-state index is 0.525. The summed E-state index contributed by atoms with van der Waals surface area (Å²) >= 11 is 0. The van der Waals surface area contributed by atoms with Crippen molar-refractivity contribution >= 4 is 5.69 Å². The maximum absolute atomic E-state index is 5.85. The molecule has 2 atom stereocenters. The molecule has 0 aromatic heterocycles. The fourth-order valence-corrected chi connectivity index (χ4v) is 3.16. The van der Waals surface area contributed by atoms with Crippen molar-refractivity contribution in [1.82, 2.24) is 4.90 Å². The molecule has 1 aliphatic heterocycles. The molecule has 2 N–H and O–H groups in total. The average molecular weight is 232 g/mol. The molecule has 2 unspecified atom stereocenters. The van der Waals surface area contributed by atoms with Crippen LogP contribution in [-0.4, -0.2) is 30.7 Å². The van der Waals surface area contributed by atoms with Gasteiger partial charge in [0.25, 0.3) is 0 Å². The molecule has 0 spiro atoms. The molecule has 3 nitrogen and oxygen atoms in total. The Morgan fingerprint density at radius 1 is 1.41 bits per heavy atom. The number of nitrogens with zero attached hydrogens (tertiary/aromatic N) is 1. The third-order valence-corrected chi connectivity index (χ3v) is 4.03. The molecule has 3 heteroatoms. The molecule has 1 fully saturated rings. The van der Waals surface area contributed by atoms with E-state index >= 15 is 0 Å². The largest absolute Gasteiger partial charge is 0.399 e. The summed E-state index contributed by atoms with van der Waals surface area (Å²) < 4.78 is 5.52. The molecule has 0 amide bonds. The van der Waals surface area contributed by atoms with E-state index in [0.717, 1.165) is 31.9 Å². The maximum atomic E-state index is 5.85. The number of hydrogen-bond acceptors (Lipinski definition) is 3. The summed E-state index contributed by atoms with van der Waals surface area (Å²) in [5.41, 5.74) is 9.65. The molecule has 1 aliphatic carbocycles. The number of hydrogen-bond donors (Lipinski definition) is 1. The van der Waals surface area contributed by atoms with Gasteiger partial charge < -0.3 is 10.5 Å². The van der Waals surface area contributed by atoms with E-state index in [4.69, 9.17) is 10.5 Å². The van der Waals surface area contributed by atoms with Crippen LogP contribution in [0.2, 0.25) is 0 Å². The van der Waals surface area contributed by atoms with Crippen LogP contribution in [0.5, 0.6) is 0 Å². The molecule has 92 valence electrons. The third-order valence-electron chi connectivity index (χ3n) is 4.03. The lowest BCUT2D eigenvalue weighted by Gasteiger charge is -2.38. The Kier molecular flexibility index (Phi) is 2.81. The summed E-state index contributed by atoms with van der Waals surface area (Å²) in [5.74, 6) is 0. The predicted molar refractivity (Wildman–Crippen MR) is 68.9 cm³/mol. The summed E-state index contributed by atoms with van der Waals surface area (Å²) in [7, 11) is 0. The standard InChI is InChI=1S/C14H20N2O/c1-10-9-17-7-6-16(10)14-5-2-11-8-12(15)3-4-13(11)14/h3-4,8,10,14H,2,5-7,9,15H2,1H3. The molecule has 0 saturated carbocycles. The van der Waals surface area contributed by atoms with Gasteiger partial charge >= 0.3 is 0 Å². The molecule has 1 saturated heterocycles. The van der Waals surface area contributed by atoms with Gasteiger partial charge in [-0.05, 0) is 43.0 Å². The Labute approximate surface area is 103 Å². The van der Waals surface area contributed by atoms with Gasteiger partial charge in [0.1, 0.15) is 0 Å².